The fourth-order valence-corrected chi connectivity index (χ4v) is 4.54. The summed E-state index contributed by atoms with van der Waals surface area (Å²) in [7, 11) is 1.53. The van der Waals surface area contributed by atoms with E-state index in [0.717, 1.165) is 33.1 Å². The van der Waals surface area contributed by atoms with Crippen molar-refractivity contribution < 1.29 is 19.1 Å². The Labute approximate surface area is 214 Å². The van der Waals surface area contributed by atoms with Gasteiger partial charge in [-0.3, -0.25) is 14.9 Å². The highest BCUT2D eigenvalue weighted by molar-refractivity contribution is 6.39. The largest absolute Gasteiger partial charge is 0.497 e. The van der Waals surface area contributed by atoms with E-state index >= 15 is 0 Å². The average molecular weight is 492 g/mol. The topological polar surface area (TPSA) is 80.6 Å². The zero-order valence-corrected chi connectivity index (χ0v) is 20.7. The molecule has 0 radical (unpaired) electrons. The smallest absolute Gasteiger partial charge is 0.335 e. The molecule has 0 spiro atoms. The minimum atomic E-state index is -0.790. The summed E-state index contributed by atoms with van der Waals surface area (Å²) in [4.78, 5) is 39.4. The van der Waals surface area contributed by atoms with Crippen LogP contribution in [-0.4, -0.2) is 29.5 Å². The first-order valence-electron chi connectivity index (χ1n) is 11.8. The first-order valence-corrected chi connectivity index (χ1v) is 11.8. The van der Waals surface area contributed by atoms with Gasteiger partial charge in [-0.05, 0) is 79.1 Å². The van der Waals surface area contributed by atoms with E-state index < -0.39 is 17.8 Å². The first kappa shape index (κ1) is 23.8. The number of imide groups is 2. The molecule has 4 aromatic rings. The number of nitrogens with zero attached hydrogens (tertiary/aromatic N) is 2. The summed E-state index contributed by atoms with van der Waals surface area (Å²) < 4.78 is 7.22. The maximum absolute atomic E-state index is 13.3. The lowest BCUT2D eigenvalue weighted by molar-refractivity contribution is -0.122. The summed E-state index contributed by atoms with van der Waals surface area (Å²) in [6.45, 7) is 3.90. The zero-order chi connectivity index (χ0) is 26.1. The van der Waals surface area contributed by atoms with Gasteiger partial charge in [-0.15, -0.1) is 0 Å². The van der Waals surface area contributed by atoms with Gasteiger partial charge in [0.15, 0.2) is 0 Å². The average Bonchev–Trinajstić information content (AvgIpc) is 3.19. The first-order chi connectivity index (χ1) is 17.9. The second-order valence-corrected chi connectivity index (χ2v) is 8.73. The third kappa shape index (κ3) is 4.43. The number of amides is 4. The molecular formula is C30H25N3O4. The Hall–Kier alpha value is -4.91. The van der Waals surface area contributed by atoms with E-state index in [1.54, 1.807) is 24.3 Å². The van der Waals surface area contributed by atoms with Crippen molar-refractivity contribution in [3.05, 3.63) is 107 Å². The van der Waals surface area contributed by atoms with Crippen molar-refractivity contribution in [2.45, 2.75) is 13.8 Å². The Morgan fingerprint density at radius 2 is 1.41 bits per heavy atom. The van der Waals surface area contributed by atoms with Gasteiger partial charge in [-0.25, -0.2) is 9.69 Å². The lowest BCUT2D eigenvalue weighted by atomic mass is 10.1. The lowest BCUT2D eigenvalue weighted by Gasteiger charge is -2.26. The van der Waals surface area contributed by atoms with Crippen molar-refractivity contribution in [2.75, 3.05) is 12.0 Å². The Balaban J connectivity index is 1.48. The summed E-state index contributed by atoms with van der Waals surface area (Å²) in [5.74, 6) is -0.822. The SMILES string of the molecule is COc1ccc(N2C(=O)NC(=O)/C(=C/c3cc(C)n(-c4ccc(-c5ccccc5)cc4)c3C)C2=O)cc1. The molecule has 0 unspecified atom stereocenters. The van der Waals surface area contributed by atoms with Crippen molar-refractivity contribution in [2.24, 2.45) is 0 Å². The van der Waals surface area contributed by atoms with Crippen LogP contribution < -0.4 is 15.0 Å². The number of ether oxygens (including phenoxy) is 1. The van der Waals surface area contributed by atoms with E-state index in [-0.39, 0.29) is 5.57 Å². The maximum Gasteiger partial charge on any atom is 0.335 e. The predicted octanol–water partition coefficient (Wildman–Crippen LogP) is 5.44. The molecule has 7 nitrogen and oxygen atoms in total. The third-order valence-electron chi connectivity index (χ3n) is 6.44. The van der Waals surface area contributed by atoms with Gasteiger partial charge in [-0.2, -0.15) is 0 Å². The number of hydrogen-bond donors (Lipinski definition) is 1. The summed E-state index contributed by atoms with van der Waals surface area (Å²) in [5, 5.41) is 2.27. The number of rotatable bonds is 5. The van der Waals surface area contributed by atoms with E-state index in [4.69, 9.17) is 4.74 Å². The van der Waals surface area contributed by atoms with E-state index in [1.807, 2.05) is 50.2 Å². The Morgan fingerprint density at radius 3 is 2.05 bits per heavy atom. The molecular weight excluding hydrogens is 466 g/mol. The lowest BCUT2D eigenvalue weighted by Crippen LogP contribution is -2.54. The number of aryl methyl sites for hydroxylation is 1. The number of carbonyl (C=O) groups excluding carboxylic acids is 3. The highest BCUT2D eigenvalue weighted by atomic mass is 16.5. The monoisotopic (exact) mass is 491 g/mol. The molecule has 37 heavy (non-hydrogen) atoms. The number of barbiturate groups is 1. The molecule has 0 aliphatic carbocycles. The van der Waals surface area contributed by atoms with Crippen molar-refractivity contribution in [3.8, 4) is 22.6 Å². The number of carbonyl (C=O) groups is 3. The fraction of sp³-hybridized carbons (Fsp3) is 0.100. The molecule has 4 amide bonds. The van der Waals surface area contributed by atoms with Gasteiger partial charge in [0.2, 0.25) is 0 Å². The standard InChI is InChI=1S/C30H25N3O4/c1-19-17-23(20(2)32(19)24-11-9-22(10-12-24)21-7-5-4-6-8-21)18-27-28(34)31-30(36)33(29(27)35)25-13-15-26(37-3)16-14-25/h4-18H,1-3H3,(H,31,34,36)/b27-18-. The molecule has 3 aromatic carbocycles. The van der Waals surface area contributed by atoms with Crippen molar-refractivity contribution in [1.82, 2.24) is 9.88 Å². The summed E-state index contributed by atoms with van der Waals surface area (Å²) in [6, 6.07) is 26.0. The van der Waals surface area contributed by atoms with Crippen LogP contribution in [0.25, 0.3) is 22.9 Å². The van der Waals surface area contributed by atoms with Crippen molar-refractivity contribution in [1.29, 1.82) is 0 Å². The van der Waals surface area contributed by atoms with Gasteiger partial charge in [0.1, 0.15) is 11.3 Å². The van der Waals surface area contributed by atoms with Crippen molar-refractivity contribution >= 4 is 29.6 Å². The molecule has 0 saturated carbocycles. The Bertz CT molecular complexity index is 1530. The van der Waals surface area contributed by atoms with Crippen LogP contribution in [0.5, 0.6) is 5.75 Å². The Morgan fingerprint density at radius 1 is 0.784 bits per heavy atom. The molecule has 1 aliphatic rings. The molecule has 2 heterocycles. The minimum absolute atomic E-state index is 0.116. The number of nitrogens with one attached hydrogen (secondary N) is 1. The molecule has 1 saturated heterocycles. The second-order valence-electron chi connectivity index (χ2n) is 8.73. The van der Waals surface area contributed by atoms with Crippen LogP contribution in [0.15, 0.2) is 90.5 Å². The molecule has 1 aliphatic heterocycles. The summed E-state index contributed by atoms with van der Waals surface area (Å²) in [5.41, 5.74) is 5.97. The number of benzene rings is 3. The predicted molar refractivity (Wildman–Crippen MR) is 143 cm³/mol. The van der Waals surface area contributed by atoms with E-state index in [9.17, 15) is 14.4 Å². The Kier molecular flexibility index (Phi) is 6.19. The van der Waals surface area contributed by atoms with Crippen LogP contribution in [0.1, 0.15) is 17.0 Å². The van der Waals surface area contributed by atoms with Gasteiger partial charge >= 0.3 is 6.03 Å². The number of hydrogen-bond acceptors (Lipinski definition) is 4. The van der Waals surface area contributed by atoms with Gasteiger partial charge in [0.05, 0.1) is 12.8 Å². The second kappa shape index (κ2) is 9.62. The zero-order valence-electron chi connectivity index (χ0n) is 20.7. The van der Waals surface area contributed by atoms with Crippen molar-refractivity contribution in [3.63, 3.8) is 0 Å². The highest BCUT2D eigenvalue weighted by Crippen LogP contribution is 2.28. The van der Waals surface area contributed by atoms with E-state index in [0.29, 0.717) is 17.0 Å². The van der Waals surface area contributed by atoms with Crippen LogP contribution >= 0.6 is 0 Å². The van der Waals surface area contributed by atoms with Crippen LogP contribution in [0.3, 0.4) is 0 Å². The number of anilines is 1. The van der Waals surface area contributed by atoms with Crippen LogP contribution in [0, 0.1) is 13.8 Å². The number of methoxy groups -OCH3 is 1. The van der Waals surface area contributed by atoms with Crippen LogP contribution in [0.2, 0.25) is 0 Å². The molecule has 5 rings (SSSR count). The summed E-state index contributed by atoms with van der Waals surface area (Å²) in [6.07, 6.45) is 1.54. The summed E-state index contributed by atoms with van der Waals surface area (Å²) >= 11 is 0. The molecule has 0 bridgehead atoms. The quantitative estimate of drug-likeness (QED) is 0.298. The third-order valence-corrected chi connectivity index (χ3v) is 6.44. The van der Waals surface area contributed by atoms with Crippen LogP contribution in [-0.2, 0) is 9.59 Å². The number of aromatic nitrogens is 1. The molecule has 1 aromatic heterocycles. The normalized spacial score (nSPS) is 14.7. The molecule has 1 fully saturated rings. The minimum Gasteiger partial charge on any atom is -0.497 e. The van der Waals surface area contributed by atoms with Crippen LogP contribution in [0.4, 0.5) is 10.5 Å². The van der Waals surface area contributed by atoms with Gasteiger partial charge in [0.25, 0.3) is 11.8 Å². The molecule has 1 N–H and O–H groups in total. The van der Waals surface area contributed by atoms with Gasteiger partial charge in [-0.1, -0.05) is 42.5 Å². The fourth-order valence-electron chi connectivity index (χ4n) is 4.54. The van der Waals surface area contributed by atoms with E-state index in [2.05, 4.69) is 34.1 Å². The van der Waals surface area contributed by atoms with E-state index in [1.165, 1.54) is 13.2 Å². The number of urea groups is 1. The van der Waals surface area contributed by atoms with Gasteiger partial charge in [0, 0.05) is 17.1 Å². The molecule has 184 valence electrons. The van der Waals surface area contributed by atoms with Gasteiger partial charge < -0.3 is 9.30 Å². The highest BCUT2D eigenvalue weighted by Gasteiger charge is 2.37. The maximum atomic E-state index is 13.3. The molecule has 7 heteroatoms. The molecule has 0 atom stereocenters.